The molecule has 15 heavy (non-hydrogen) atoms. The maximum absolute atomic E-state index is 5.90. The van der Waals surface area contributed by atoms with Crippen molar-refractivity contribution in [3.05, 3.63) is 47.3 Å². The molecule has 0 rings (SSSR count). The van der Waals surface area contributed by atoms with Gasteiger partial charge in [-0.05, 0) is 44.2 Å². The van der Waals surface area contributed by atoms with Gasteiger partial charge in [-0.3, -0.25) is 0 Å². The summed E-state index contributed by atoms with van der Waals surface area (Å²) in [6.45, 7) is 13.7. The maximum Gasteiger partial charge on any atom is 0.0417 e. The Morgan fingerprint density at radius 2 is 1.67 bits per heavy atom. The molecule has 0 saturated heterocycles. The van der Waals surface area contributed by atoms with Gasteiger partial charge in [-0.25, -0.2) is 0 Å². The second-order valence-electron chi connectivity index (χ2n) is 2.94. The van der Waals surface area contributed by atoms with Crippen molar-refractivity contribution >= 4 is 0 Å². The van der Waals surface area contributed by atoms with Gasteiger partial charge in [0, 0.05) is 11.3 Å². The van der Waals surface area contributed by atoms with Crippen molar-refractivity contribution in [3.63, 3.8) is 0 Å². The summed E-state index contributed by atoms with van der Waals surface area (Å²) in [7, 11) is 0. The molecular weight excluding hydrogens is 184 g/mol. The predicted molar refractivity (Wildman–Crippen MR) is 70.1 cm³/mol. The van der Waals surface area contributed by atoms with E-state index in [-0.39, 0.29) is 0 Å². The van der Waals surface area contributed by atoms with Crippen LogP contribution in [0.3, 0.4) is 0 Å². The van der Waals surface area contributed by atoms with Crippen LogP contribution in [0.15, 0.2) is 47.3 Å². The third kappa shape index (κ3) is 5.78. The van der Waals surface area contributed by atoms with E-state index in [1.165, 1.54) is 6.20 Å². The van der Waals surface area contributed by atoms with Gasteiger partial charge in [0.05, 0.1) is 0 Å². The molecule has 0 aliphatic carbocycles. The number of hydrogen-bond donors (Lipinski definition) is 2. The smallest absolute Gasteiger partial charge is 0.0417 e. The van der Waals surface area contributed by atoms with Crippen molar-refractivity contribution in [3.8, 4) is 0 Å². The zero-order valence-electron chi connectivity index (χ0n) is 10.6. The fraction of sp³-hybridized carbons (Fsp3) is 0.385. The summed E-state index contributed by atoms with van der Waals surface area (Å²) in [6, 6.07) is 0. The van der Waals surface area contributed by atoms with Crippen molar-refractivity contribution in [2.75, 3.05) is 0 Å². The van der Waals surface area contributed by atoms with Crippen LogP contribution in [0.4, 0.5) is 0 Å². The number of nitrogens with two attached hydrogens (primary N) is 2. The highest BCUT2D eigenvalue weighted by molar-refractivity contribution is 5.46. The van der Waals surface area contributed by atoms with E-state index in [1.54, 1.807) is 6.08 Å². The zero-order valence-corrected chi connectivity index (χ0v) is 10.6. The van der Waals surface area contributed by atoms with Crippen LogP contribution in [0.25, 0.3) is 0 Å². The highest BCUT2D eigenvalue weighted by Gasteiger charge is 2.01. The maximum atomic E-state index is 5.90. The van der Waals surface area contributed by atoms with Gasteiger partial charge in [-0.2, -0.15) is 0 Å². The summed E-state index contributed by atoms with van der Waals surface area (Å²) in [6.07, 6.45) is 5.20. The minimum atomic E-state index is 0.733. The van der Waals surface area contributed by atoms with Crippen molar-refractivity contribution in [2.24, 2.45) is 11.5 Å². The Kier molecular flexibility index (Phi) is 9.74. The average molecular weight is 208 g/mol. The van der Waals surface area contributed by atoms with Crippen LogP contribution in [0.2, 0.25) is 0 Å². The molecule has 0 heterocycles. The minimum absolute atomic E-state index is 0.733. The van der Waals surface area contributed by atoms with Crippen molar-refractivity contribution in [1.29, 1.82) is 0 Å². The summed E-state index contributed by atoms with van der Waals surface area (Å²) >= 11 is 0. The molecule has 0 amide bonds. The molecule has 0 unspecified atom stereocenters. The molecule has 86 valence electrons. The normalized spacial score (nSPS) is 13.0. The molecule has 0 spiro atoms. The van der Waals surface area contributed by atoms with E-state index in [1.807, 2.05) is 40.7 Å². The Morgan fingerprint density at radius 3 is 1.93 bits per heavy atom. The van der Waals surface area contributed by atoms with E-state index in [0.717, 1.165) is 22.4 Å². The molecule has 4 N–H and O–H groups in total. The minimum Gasteiger partial charge on any atom is -0.405 e. The number of rotatable bonds is 3. The molecule has 0 aromatic rings. The molecule has 0 fully saturated rings. The lowest BCUT2D eigenvalue weighted by Gasteiger charge is -2.08. The van der Waals surface area contributed by atoms with Crippen LogP contribution in [-0.2, 0) is 0 Å². The van der Waals surface area contributed by atoms with Gasteiger partial charge in [0.1, 0.15) is 0 Å². The SMILES string of the molecule is C=C(C)C(/C=C\N)=C(N)\C(C)=C/C.CC. The van der Waals surface area contributed by atoms with Crippen LogP contribution < -0.4 is 11.5 Å². The van der Waals surface area contributed by atoms with Gasteiger partial charge < -0.3 is 11.5 Å². The molecule has 2 heteroatoms. The van der Waals surface area contributed by atoms with Crippen LogP contribution in [0, 0.1) is 0 Å². The second kappa shape index (κ2) is 9.13. The Balaban J connectivity index is 0. The van der Waals surface area contributed by atoms with Crippen molar-refractivity contribution in [2.45, 2.75) is 34.6 Å². The monoisotopic (exact) mass is 208 g/mol. The van der Waals surface area contributed by atoms with E-state index in [4.69, 9.17) is 11.5 Å². The van der Waals surface area contributed by atoms with Crippen LogP contribution in [0.1, 0.15) is 34.6 Å². The topological polar surface area (TPSA) is 52.0 Å². The molecule has 2 nitrogen and oxygen atoms in total. The molecule has 0 aromatic heterocycles. The lowest BCUT2D eigenvalue weighted by Crippen LogP contribution is -2.04. The molecule has 0 saturated carbocycles. The van der Waals surface area contributed by atoms with E-state index >= 15 is 0 Å². The van der Waals surface area contributed by atoms with Gasteiger partial charge in [-0.1, -0.05) is 26.5 Å². The molecule has 0 aromatic carbocycles. The third-order valence-electron chi connectivity index (χ3n) is 1.87. The Bertz CT molecular complexity index is 281. The first-order valence-corrected chi connectivity index (χ1v) is 5.21. The summed E-state index contributed by atoms with van der Waals surface area (Å²) in [5, 5.41) is 0. The van der Waals surface area contributed by atoms with E-state index in [2.05, 4.69) is 6.58 Å². The molecular formula is C13H24N2. The summed E-state index contributed by atoms with van der Waals surface area (Å²) in [4.78, 5) is 0. The standard InChI is InChI=1S/C11H18N2.C2H6/c1-5-9(4)11(13)10(6-7-12)8(2)3;1-2/h5-7H,2,12-13H2,1,3-4H3;1-2H3/b7-6-,9-5-,11-10+;. The number of allylic oxidation sites excluding steroid dienone is 5. The predicted octanol–water partition coefficient (Wildman–Crippen LogP) is 3.24. The van der Waals surface area contributed by atoms with E-state index in [0.29, 0.717) is 0 Å². The summed E-state index contributed by atoms with van der Waals surface area (Å²) in [5.74, 6) is 0. The van der Waals surface area contributed by atoms with Gasteiger partial charge in [0.15, 0.2) is 0 Å². The van der Waals surface area contributed by atoms with Crippen molar-refractivity contribution in [1.82, 2.24) is 0 Å². The average Bonchev–Trinajstić information content (AvgIpc) is 2.26. The van der Waals surface area contributed by atoms with Crippen LogP contribution in [-0.4, -0.2) is 0 Å². The Hall–Kier alpha value is -1.44. The quantitative estimate of drug-likeness (QED) is 0.699. The molecule has 0 aliphatic rings. The highest BCUT2D eigenvalue weighted by atomic mass is 14.6. The third-order valence-corrected chi connectivity index (χ3v) is 1.87. The Labute approximate surface area is 94.0 Å². The fourth-order valence-electron chi connectivity index (χ4n) is 0.926. The highest BCUT2D eigenvalue weighted by Crippen LogP contribution is 2.16. The van der Waals surface area contributed by atoms with Crippen molar-refractivity contribution < 1.29 is 0 Å². The lowest BCUT2D eigenvalue weighted by molar-refractivity contribution is 1.22. The van der Waals surface area contributed by atoms with Gasteiger partial charge in [0.2, 0.25) is 0 Å². The van der Waals surface area contributed by atoms with Crippen LogP contribution >= 0.6 is 0 Å². The first kappa shape index (κ1) is 16.0. The first-order chi connectivity index (χ1) is 7.04. The van der Waals surface area contributed by atoms with Crippen LogP contribution in [0.5, 0.6) is 0 Å². The van der Waals surface area contributed by atoms with Gasteiger partial charge in [0.25, 0.3) is 0 Å². The van der Waals surface area contributed by atoms with E-state index < -0.39 is 0 Å². The van der Waals surface area contributed by atoms with Gasteiger partial charge >= 0.3 is 0 Å². The molecule has 0 atom stereocenters. The Morgan fingerprint density at radius 1 is 1.20 bits per heavy atom. The van der Waals surface area contributed by atoms with Gasteiger partial charge in [-0.15, -0.1) is 0 Å². The zero-order chi connectivity index (χ0) is 12.4. The second-order valence-corrected chi connectivity index (χ2v) is 2.94. The molecule has 0 bridgehead atoms. The lowest BCUT2D eigenvalue weighted by atomic mass is 10.0. The fourth-order valence-corrected chi connectivity index (χ4v) is 0.926. The largest absolute Gasteiger partial charge is 0.405 e. The molecule has 0 radical (unpaired) electrons. The summed E-state index contributed by atoms with van der Waals surface area (Å²) < 4.78 is 0. The molecule has 0 aliphatic heterocycles. The number of hydrogen-bond acceptors (Lipinski definition) is 2. The summed E-state index contributed by atoms with van der Waals surface area (Å²) in [5.41, 5.74) is 14.8. The van der Waals surface area contributed by atoms with E-state index in [9.17, 15) is 0 Å². The first-order valence-electron chi connectivity index (χ1n) is 5.21.